The highest BCUT2D eigenvalue weighted by Crippen LogP contribution is 2.41. The predicted octanol–water partition coefficient (Wildman–Crippen LogP) is 4.42. The fraction of sp³-hybridized carbons (Fsp3) is 0.680. The Bertz CT molecular complexity index is 883. The van der Waals surface area contributed by atoms with Crippen LogP contribution in [0.15, 0.2) is 18.2 Å². The van der Waals surface area contributed by atoms with Crippen LogP contribution in [0.4, 0.5) is 18.9 Å². The van der Waals surface area contributed by atoms with E-state index in [0.29, 0.717) is 37.3 Å². The molecule has 0 aromatic heterocycles. The van der Waals surface area contributed by atoms with Gasteiger partial charge in [-0.25, -0.2) is 0 Å². The minimum Gasteiger partial charge on any atom is -0.370 e. The zero-order valence-electron chi connectivity index (χ0n) is 19.2. The van der Waals surface area contributed by atoms with Gasteiger partial charge in [-0.3, -0.25) is 4.79 Å². The maximum Gasteiger partial charge on any atom is 0.417 e. The Hall–Kier alpha value is -2.27. The third-order valence-electron chi connectivity index (χ3n) is 7.87. The number of halogens is 3. The Morgan fingerprint density at radius 1 is 1.15 bits per heavy atom. The van der Waals surface area contributed by atoms with Crippen molar-refractivity contribution in [2.75, 3.05) is 37.6 Å². The number of piperidine rings is 1. The first-order valence-electron chi connectivity index (χ1n) is 12.2. The molecule has 1 amide bonds. The van der Waals surface area contributed by atoms with E-state index >= 15 is 0 Å². The van der Waals surface area contributed by atoms with Gasteiger partial charge in [0.1, 0.15) is 0 Å². The summed E-state index contributed by atoms with van der Waals surface area (Å²) < 4.78 is 40.5. The number of anilines is 1. The number of hydrogen-bond donors (Lipinski definition) is 1. The van der Waals surface area contributed by atoms with Crippen molar-refractivity contribution in [3.63, 3.8) is 0 Å². The van der Waals surface area contributed by atoms with E-state index < -0.39 is 11.7 Å². The van der Waals surface area contributed by atoms with Crippen LogP contribution in [0.2, 0.25) is 0 Å². The lowest BCUT2D eigenvalue weighted by Gasteiger charge is -2.39. The number of carbonyl (C=O) groups is 1. The Morgan fingerprint density at radius 2 is 1.85 bits per heavy atom. The Kier molecular flexibility index (Phi) is 7.18. The second-order valence-corrected chi connectivity index (χ2v) is 9.72. The van der Waals surface area contributed by atoms with Crippen LogP contribution < -0.4 is 10.2 Å². The summed E-state index contributed by atoms with van der Waals surface area (Å²) in [6.45, 7) is 5.49. The number of nitrogens with zero attached hydrogens (tertiary/aromatic N) is 3. The van der Waals surface area contributed by atoms with Crippen molar-refractivity contribution in [2.45, 2.75) is 57.7 Å². The molecule has 8 heteroatoms. The topological polar surface area (TPSA) is 59.4 Å². The van der Waals surface area contributed by atoms with E-state index in [4.69, 9.17) is 5.26 Å². The van der Waals surface area contributed by atoms with E-state index in [1.165, 1.54) is 31.7 Å². The van der Waals surface area contributed by atoms with Gasteiger partial charge < -0.3 is 15.1 Å². The largest absolute Gasteiger partial charge is 0.417 e. The molecule has 3 fully saturated rings. The summed E-state index contributed by atoms with van der Waals surface area (Å²) in [6, 6.07) is 6.23. The number of rotatable bonds is 5. The van der Waals surface area contributed by atoms with Crippen molar-refractivity contribution in [3.05, 3.63) is 29.3 Å². The Labute approximate surface area is 193 Å². The number of nitriles is 1. The SMILES string of the molecule is CCNC(=O)[C@@H]1CN(c2ccc(C#N)c(C(F)(F)F)c2)C[C@H]1C1CCN(C2CCCC2)CC1. The van der Waals surface area contributed by atoms with Crippen molar-refractivity contribution in [1.82, 2.24) is 10.2 Å². The van der Waals surface area contributed by atoms with E-state index in [9.17, 15) is 18.0 Å². The van der Waals surface area contributed by atoms with E-state index in [-0.39, 0.29) is 23.3 Å². The summed E-state index contributed by atoms with van der Waals surface area (Å²) in [5.41, 5.74) is -0.853. The second-order valence-electron chi connectivity index (χ2n) is 9.72. The van der Waals surface area contributed by atoms with E-state index in [2.05, 4.69) is 10.2 Å². The number of nitrogens with one attached hydrogen (secondary N) is 1. The molecule has 0 unspecified atom stereocenters. The van der Waals surface area contributed by atoms with Gasteiger partial charge in [-0.05, 0) is 75.7 Å². The van der Waals surface area contributed by atoms with Crippen molar-refractivity contribution in [1.29, 1.82) is 5.26 Å². The fourth-order valence-corrected chi connectivity index (χ4v) is 6.14. The fourth-order valence-electron chi connectivity index (χ4n) is 6.14. The van der Waals surface area contributed by atoms with Gasteiger partial charge in [-0.1, -0.05) is 12.8 Å². The lowest BCUT2D eigenvalue weighted by molar-refractivity contribution is -0.137. The molecule has 1 N–H and O–H groups in total. The molecule has 2 aliphatic heterocycles. The third kappa shape index (κ3) is 5.13. The number of carbonyl (C=O) groups excluding carboxylic acids is 1. The van der Waals surface area contributed by atoms with Gasteiger partial charge in [0.05, 0.1) is 23.1 Å². The summed E-state index contributed by atoms with van der Waals surface area (Å²) in [5.74, 6) is 0.263. The first-order valence-corrected chi connectivity index (χ1v) is 12.2. The van der Waals surface area contributed by atoms with Crippen LogP contribution in [0, 0.1) is 29.1 Å². The van der Waals surface area contributed by atoms with Crippen LogP contribution in [-0.4, -0.2) is 49.6 Å². The van der Waals surface area contributed by atoms with E-state index in [0.717, 1.165) is 32.0 Å². The van der Waals surface area contributed by atoms with Crippen molar-refractivity contribution in [2.24, 2.45) is 17.8 Å². The van der Waals surface area contributed by atoms with Crippen LogP contribution in [0.25, 0.3) is 0 Å². The molecule has 2 heterocycles. The molecular formula is C25H33F3N4O. The second kappa shape index (κ2) is 9.92. The summed E-state index contributed by atoms with van der Waals surface area (Å²) in [4.78, 5) is 17.4. The highest BCUT2D eigenvalue weighted by Gasteiger charge is 2.43. The molecule has 1 aliphatic carbocycles. The zero-order valence-corrected chi connectivity index (χ0v) is 19.2. The predicted molar refractivity (Wildman–Crippen MR) is 121 cm³/mol. The van der Waals surface area contributed by atoms with Gasteiger partial charge in [0.15, 0.2) is 0 Å². The van der Waals surface area contributed by atoms with Gasteiger partial charge in [0.2, 0.25) is 5.91 Å². The molecule has 180 valence electrons. The van der Waals surface area contributed by atoms with Crippen LogP contribution in [0.5, 0.6) is 0 Å². The van der Waals surface area contributed by atoms with Gasteiger partial charge in [-0.15, -0.1) is 0 Å². The maximum absolute atomic E-state index is 13.5. The molecule has 0 spiro atoms. The van der Waals surface area contributed by atoms with Gasteiger partial charge in [-0.2, -0.15) is 18.4 Å². The normalized spacial score (nSPS) is 25.4. The molecule has 2 saturated heterocycles. The molecule has 1 aromatic carbocycles. The lowest BCUT2D eigenvalue weighted by Crippen LogP contribution is -2.44. The monoisotopic (exact) mass is 462 g/mol. The standard InChI is InChI=1S/C25H33F3N4O/c1-2-30-24(33)22-16-32(20-8-7-18(14-29)23(13-20)25(26,27)28)15-21(22)17-9-11-31(12-10-17)19-5-3-4-6-19/h7-8,13,17,19,21-22H,2-6,9-12,15-16H2,1H3,(H,30,33)/t21-,22+/m0/s1. The number of benzene rings is 1. The van der Waals surface area contributed by atoms with Gasteiger partial charge in [0, 0.05) is 31.4 Å². The van der Waals surface area contributed by atoms with Crippen molar-refractivity contribution < 1.29 is 18.0 Å². The van der Waals surface area contributed by atoms with Crippen LogP contribution in [0.3, 0.4) is 0 Å². The molecule has 1 saturated carbocycles. The molecule has 0 bridgehead atoms. The average molecular weight is 463 g/mol. The molecular weight excluding hydrogens is 429 g/mol. The Balaban J connectivity index is 1.52. The number of hydrogen-bond acceptors (Lipinski definition) is 4. The Morgan fingerprint density at radius 3 is 2.45 bits per heavy atom. The molecule has 1 aromatic rings. The highest BCUT2D eigenvalue weighted by molar-refractivity contribution is 5.80. The molecule has 5 nitrogen and oxygen atoms in total. The number of amides is 1. The quantitative estimate of drug-likeness (QED) is 0.704. The zero-order chi connectivity index (χ0) is 23.6. The lowest BCUT2D eigenvalue weighted by atomic mass is 9.78. The van der Waals surface area contributed by atoms with Crippen molar-refractivity contribution >= 4 is 11.6 Å². The summed E-state index contributed by atoms with van der Waals surface area (Å²) >= 11 is 0. The molecule has 4 rings (SSSR count). The molecule has 2 atom stereocenters. The van der Waals surface area contributed by atoms with Crippen molar-refractivity contribution in [3.8, 4) is 6.07 Å². The molecule has 0 radical (unpaired) electrons. The smallest absolute Gasteiger partial charge is 0.370 e. The van der Waals surface area contributed by atoms with Gasteiger partial charge >= 0.3 is 6.18 Å². The maximum atomic E-state index is 13.5. The number of alkyl halides is 3. The third-order valence-corrected chi connectivity index (χ3v) is 7.87. The van der Waals surface area contributed by atoms with E-state index in [1.807, 2.05) is 11.8 Å². The average Bonchev–Trinajstić information content (AvgIpc) is 3.49. The van der Waals surface area contributed by atoms with Crippen LogP contribution in [-0.2, 0) is 11.0 Å². The highest BCUT2D eigenvalue weighted by atomic mass is 19.4. The molecule has 3 aliphatic rings. The summed E-state index contributed by atoms with van der Waals surface area (Å²) in [6.07, 6.45) is 2.66. The first-order chi connectivity index (χ1) is 15.8. The minimum atomic E-state index is -4.59. The van der Waals surface area contributed by atoms with Crippen LogP contribution in [0.1, 0.15) is 56.6 Å². The van der Waals surface area contributed by atoms with Crippen LogP contribution >= 0.6 is 0 Å². The summed E-state index contributed by atoms with van der Waals surface area (Å²) in [7, 11) is 0. The number of likely N-dealkylation sites (tertiary alicyclic amines) is 1. The first kappa shape index (κ1) is 23.9. The van der Waals surface area contributed by atoms with Gasteiger partial charge in [0.25, 0.3) is 0 Å². The molecule has 33 heavy (non-hydrogen) atoms. The minimum absolute atomic E-state index is 0.00656. The van der Waals surface area contributed by atoms with E-state index in [1.54, 1.807) is 12.1 Å². The summed E-state index contributed by atoms with van der Waals surface area (Å²) in [5, 5.41) is 12.0.